The Labute approximate surface area is 81.0 Å². The van der Waals surface area contributed by atoms with E-state index < -0.39 is 37.0 Å². The van der Waals surface area contributed by atoms with E-state index in [1.54, 1.807) is 6.92 Å². The van der Waals surface area contributed by atoms with Crippen LogP contribution in [0.4, 0.5) is 0 Å². The fourth-order valence-electron chi connectivity index (χ4n) is 1.71. The van der Waals surface area contributed by atoms with Crippen LogP contribution >= 0.6 is 0 Å². The highest BCUT2D eigenvalue weighted by atomic mass is 16.7. The Bertz CT molecular complexity index is 208. The zero-order chi connectivity index (χ0) is 10.3. The van der Waals surface area contributed by atoms with Gasteiger partial charge in [0.25, 0.3) is 0 Å². The number of aliphatic hydroxyl groups is 3. The largest absolute Gasteiger partial charge is 0.387 e. The first-order chi connectivity index (χ1) is 6.59. The van der Waals surface area contributed by atoms with Crippen molar-refractivity contribution in [3.05, 3.63) is 0 Å². The molecular formula is C8H14O6. The lowest BCUT2D eigenvalue weighted by Crippen LogP contribution is -2.62. The second-order valence-electron chi connectivity index (χ2n) is 3.55. The van der Waals surface area contributed by atoms with Gasteiger partial charge >= 0.3 is 0 Å². The molecule has 0 aromatic rings. The number of ether oxygens (including phenoxy) is 3. The van der Waals surface area contributed by atoms with Crippen molar-refractivity contribution in [3.63, 3.8) is 0 Å². The van der Waals surface area contributed by atoms with Gasteiger partial charge in [0.2, 0.25) is 0 Å². The van der Waals surface area contributed by atoms with Gasteiger partial charge in [-0.1, -0.05) is 0 Å². The highest BCUT2D eigenvalue weighted by molar-refractivity contribution is 4.91. The van der Waals surface area contributed by atoms with Gasteiger partial charge in [-0.05, 0) is 6.92 Å². The molecule has 14 heavy (non-hydrogen) atoms. The third-order valence-corrected chi connectivity index (χ3v) is 2.50. The maximum atomic E-state index is 9.59. The first-order valence-electron chi connectivity index (χ1n) is 4.56. The van der Waals surface area contributed by atoms with Crippen molar-refractivity contribution in [2.75, 3.05) is 6.61 Å². The van der Waals surface area contributed by atoms with Crippen molar-refractivity contribution in [2.45, 2.75) is 43.9 Å². The van der Waals surface area contributed by atoms with E-state index in [0.29, 0.717) is 0 Å². The molecular weight excluding hydrogens is 192 g/mol. The molecule has 2 rings (SSSR count). The first-order valence-corrected chi connectivity index (χ1v) is 4.56. The van der Waals surface area contributed by atoms with Gasteiger partial charge in [0, 0.05) is 0 Å². The molecule has 0 radical (unpaired) electrons. The van der Waals surface area contributed by atoms with E-state index in [2.05, 4.69) is 0 Å². The third kappa shape index (κ3) is 1.65. The standard InChI is InChI=1S/C8H14O6/c1-3-12-2-4-7(13-3)5(9)6(10)8(11)14-4/h3-11H,2H2,1H3/t3-,4-,5-,6-,7-,8+/m0/s1. The average molecular weight is 206 g/mol. The Morgan fingerprint density at radius 3 is 2.50 bits per heavy atom. The number of hydrogen-bond donors (Lipinski definition) is 3. The van der Waals surface area contributed by atoms with E-state index in [0.717, 1.165) is 0 Å². The minimum Gasteiger partial charge on any atom is -0.387 e. The van der Waals surface area contributed by atoms with Crippen LogP contribution in [0.25, 0.3) is 0 Å². The number of hydrogen-bond acceptors (Lipinski definition) is 6. The molecule has 6 nitrogen and oxygen atoms in total. The predicted molar refractivity (Wildman–Crippen MR) is 43.2 cm³/mol. The van der Waals surface area contributed by atoms with Crippen LogP contribution in [0.15, 0.2) is 0 Å². The molecule has 0 aromatic carbocycles. The normalized spacial score (nSPS) is 54.0. The van der Waals surface area contributed by atoms with Gasteiger partial charge in [-0.3, -0.25) is 0 Å². The SMILES string of the molecule is C[C@H]1OC[C@@H]2O[C@@H](O)[C@@H](O)[C@H](O)[C@H]2O1. The molecule has 0 aromatic heterocycles. The van der Waals surface area contributed by atoms with Gasteiger partial charge in [-0.25, -0.2) is 0 Å². The Kier molecular flexibility index (Phi) is 2.74. The van der Waals surface area contributed by atoms with Crippen molar-refractivity contribution in [3.8, 4) is 0 Å². The Hall–Kier alpha value is -0.240. The summed E-state index contributed by atoms with van der Waals surface area (Å²) >= 11 is 0. The van der Waals surface area contributed by atoms with Crippen LogP contribution in [0.3, 0.4) is 0 Å². The maximum Gasteiger partial charge on any atom is 0.184 e. The van der Waals surface area contributed by atoms with E-state index in [1.165, 1.54) is 0 Å². The number of aliphatic hydroxyl groups excluding tert-OH is 3. The van der Waals surface area contributed by atoms with Gasteiger partial charge in [-0.15, -0.1) is 0 Å². The molecule has 82 valence electrons. The molecule has 2 heterocycles. The summed E-state index contributed by atoms with van der Waals surface area (Å²) in [5.41, 5.74) is 0. The molecule has 0 bridgehead atoms. The van der Waals surface area contributed by atoms with Crippen LogP contribution in [0.5, 0.6) is 0 Å². The van der Waals surface area contributed by atoms with Gasteiger partial charge in [0.1, 0.15) is 24.4 Å². The Balaban J connectivity index is 2.08. The maximum absolute atomic E-state index is 9.59. The van der Waals surface area contributed by atoms with Crippen molar-refractivity contribution in [1.29, 1.82) is 0 Å². The summed E-state index contributed by atoms with van der Waals surface area (Å²) in [6, 6.07) is 0. The van der Waals surface area contributed by atoms with Gasteiger partial charge in [0.05, 0.1) is 6.61 Å². The third-order valence-electron chi connectivity index (χ3n) is 2.50. The van der Waals surface area contributed by atoms with Crippen LogP contribution < -0.4 is 0 Å². The average Bonchev–Trinajstić information content (AvgIpc) is 2.16. The lowest BCUT2D eigenvalue weighted by molar-refractivity contribution is -0.348. The Morgan fingerprint density at radius 1 is 1.07 bits per heavy atom. The number of rotatable bonds is 0. The fourth-order valence-corrected chi connectivity index (χ4v) is 1.71. The lowest BCUT2D eigenvalue weighted by atomic mass is 9.98. The van der Waals surface area contributed by atoms with Crippen LogP contribution in [-0.2, 0) is 14.2 Å². The van der Waals surface area contributed by atoms with Crippen LogP contribution in [-0.4, -0.2) is 58.9 Å². The molecule has 6 heteroatoms. The van der Waals surface area contributed by atoms with E-state index in [9.17, 15) is 15.3 Å². The molecule has 0 aliphatic carbocycles. The summed E-state index contributed by atoms with van der Waals surface area (Å²) in [7, 11) is 0. The molecule has 0 amide bonds. The zero-order valence-electron chi connectivity index (χ0n) is 7.74. The molecule has 6 atom stereocenters. The molecule has 2 saturated heterocycles. The summed E-state index contributed by atoms with van der Waals surface area (Å²) in [4.78, 5) is 0. The molecule has 3 N–H and O–H groups in total. The second-order valence-corrected chi connectivity index (χ2v) is 3.55. The van der Waals surface area contributed by atoms with Crippen LogP contribution in [0.2, 0.25) is 0 Å². The van der Waals surface area contributed by atoms with E-state index in [4.69, 9.17) is 14.2 Å². The summed E-state index contributed by atoms with van der Waals surface area (Å²) < 4.78 is 15.4. The highest BCUT2D eigenvalue weighted by Crippen LogP contribution is 2.27. The van der Waals surface area contributed by atoms with E-state index in [-0.39, 0.29) is 6.61 Å². The Morgan fingerprint density at radius 2 is 1.79 bits per heavy atom. The molecule has 2 fully saturated rings. The topological polar surface area (TPSA) is 88.4 Å². The monoisotopic (exact) mass is 206 g/mol. The van der Waals surface area contributed by atoms with E-state index in [1.807, 2.05) is 0 Å². The van der Waals surface area contributed by atoms with Gasteiger partial charge in [-0.2, -0.15) is 0 Å². The van der Waals surface area contributed by atoms with Crippen LogP contribution in [0, 0.1) is 0 Å². The van der Waals surface area contributed by atoms with Gasteiger partial charge in [0.15, 0.2) is 12.6 Å². The van der Waals surface area contributed by atoms with Crippen molar-refractivity contribution in [2.24, 2.45) is 0 Å². The second kappa shape index (κ2) is 3.73. The summed E-state index contributed by atoms with van der Waals surface area (Å²) in [6.07, 6.45) is -5.46. The quantitative estimate of drug-likeness (QED) is 0.433. The summed E-state index contributed by atoms with van der Waals surface area (Å²) in [5, 5.41) is 28.1. The molecule has 2 aliphatic heterocycles. The predicted octanol–water partition coefficient (Wildman–Crippen LogP) is -1.81. The van der Waals surface area contributed by atoms with E-state index >= 15 is 0 Å². The first kappa shape index (κ1) is 10.3. The fraction of sp³-hybridized carbons (Fsp3) is 1.00. The summed E-state index contributed by atoms with van der Waals surface area (Å²) in [5.74, 6) is 0. The van der Waals surface area contributed by atoms with Crippen molar-refractivity contribution >= 4 is 0 Å². The zero-order valence-corrected chi connectivity index (χ0v) is 7.74. The molecule has 0 unspecified atom stereocenters. The lowest BCUT2D eigenvalue weighted by Gasteiger charge is -2.44. The molecule has 2 aliphatic rings. The summed E-state index contributed by atoms with van der Waals surface area (Å²) in [6.45, 7) is 1.94. The molecule has 0 saturated carbocycles. The minimum absolute atomic E-state index is 0.243. The highest BCUT2D eigenvalue weighted by Gasteiger charge is 2.47. The van der Waals surface area contributed by atoms with Crippen molar-refractivity contribution < 1.29 is 29.5 Å². The smallest absolute Gasteiger partial charge is 0.184 e. The molecule has 0 spiro atoms. The minimum atomic E-state index is -1.38. The van der Waals surface area contributed by atoms with Crippen molar-refractivity contribution in [1.82, 2.24) is 0 Å². The number of fused-ring (bicyclic) bond motifs is 1. The van der Waals surface area contributed by atoms with Crippen LogP contribution in [0.1, 0.15) is 6.92 Å². The van der Waals surface area contributed by atoms with Gasteiger partial charge < -0.3 is 29.5 Å².